The van der Waals surface area contributed by atoms with Crippen LogP contribution in [0.25, 0.3) is 0 Å². The Balaban J connectivity index is 1.81. The Hall–Kier alpha value is -1.06. The van der Waals surface area contributed by atoms with Gasteiger partial charge in [0.05, 0.1) is 6.61 Å². The zero-order valence-electron chi connectivity index (χ0n) is 12.3. The first-order valence-corrected chi connectivity index (χ1v) is 7.89. The summed E-state index contributed by atoms with van der Waals surface area (Å²) in [4.78, 5) is 0. The Morgan fingerprint density at radius 2 is 2.15 bits per heavy atom. The molecule has 0 aromatic heterocycles. The van der Waals surface area contributed by atoms with E-state index in [9.17, 15) is 5.11 Å². The van der Waals surface area contributed by atoms with Gasteiger partial charge in [-0.15, -0.1) is 0 Å². The van der Waals surface area contributed by atoms with Crippen LogP contribution in [-0.4, -0.2) is 24.4 Å². The molecule has 3 atom stereocenters. The second kappa shape index (κ2) is 6.15. The third kappa shape index (κ3) is 2.70. The summed E-state index contributed by atoms with van der Waals surface area (Å²) >= 11 is 0. The van der Waals surface area contributed by atoms with Gasteiger partial charge in [0.25, 0.3) is 0 Å². The summed E-state index contributed by atoms with van der Waals surface area (Å²) in [5.41, 5.74) is 2.52. The first kappa shape index (κ1) is 13.9. The van der Waals surface area contributed by atoms with Crippen molar-refractivity contribution >= 4 is 0 Å². The van der Waals surface area contributed by atoms with E-state index in [1.54, 1.807) is 0 Å². The molecule has 3 nitrogen and oxygen atoms in total. The maximum atomic E-state index is 9.50. The van der Waals surface area contributed by atoms with Crippen molar-refractivity contribution in [3.8, 4) is 5.75 Å². The minimum absolute atomic E-state index is 0.307. The Morgan fingerprint density at radius 3 is 3.00 bits per heavy atom. The van der Waals surface area contributed by atoms with Gasteiger partial charge in [0.1, 0.15) is 5.75 Å². The highest BCUT2D eigenvalue weighted by atomic mass is 16.5. The van der Waals surface area contributed by atoms with Crippen molar-refractivity contribution in [2.24, 2.45) is 5.92 Å². The van der Waals surface area contributed by atoms with Gasteiger partial charge in [0.15, 0.2) is 0 Å². The van der Waals surface area contributed by atoms with E-state index in [-0.39, 0.29) is 0 Å². The zero-order chi connectivity index (χ0) is 13.9. The highest BCUT2D eigenvalue weighted by molar-refractivity contribution is 5.43. The molecule has 20 heavy (non-hydrogen) atoms. The Morgan fingerprint density at radius 1 is 1.25 bits per heavy atom. The van der Waals surface area contributed by atoms with Crippen LogP contribution in [0.15, 0.2) is 18.2 Å². The van der Waals surface area contributed by atoms with Crippen LogP contribution in [0.5, 0.6) is 5.75 Å². The molecule has 1 fully saturated rings. The lowest BCUT2D eigenvalue weighted by Gasteiger charge is -2.26. The molecular weight excluding hydrogens is 250 g/mol. The van der Waals surface area contributed by atoms with Crippen LogP contribution in [0.2, 0.25) is 0 Å². The lowest BCUT2D eigenvalue weighted by atomic mass is 9.96. The van der Waals surface area contributed by atoms with Gasteiger partial charge < -0.3 is 15.2 Å². The molecule has 2 N–H and O–H groups in total. The molecule has 3 heteroatoms. The molecule has 0 radical (unpaired) electrons. The summed E-state index contributed by atoms with van der Waals surface area (Å²) in [6, 6.07) is 7.25. The van der Waals surface area contributed by atoms with Gasteiger partial charge in [-0.05, 0) is 44.1 Å². The van der Waals surface area contributed by atoms with E-state index < -0.39 is 0 Å². The summed E-state index contributed by atoms with van der Waals surface area (Å²) in [6.07, 6.45) is 5.77. The van der Waals surface area contributed by atoms with Crippen LogP contribution in [0.3, 0.4) is 0 Å². The summed E-state index contributed by atoms with van der Waals surface area (Å²) in [5.74, 6) is 1.49. The van der Waals surface area contributed by atoms with Gasteiger partial charge in [-0.25, -0.2) is 0 Å². The number of aliphatic hydroxyl groups is 1. The van der Waals surface area contributed by atoms with Crippen LogP contribution in [-0.2, 0) is 0 Å². The smallest absolute Gasteiger partial charge is 0.126 e. The molecule has 3 unspecified atom stereocenters. The summed E-state index contributed by atoms with van der Waals surface area (Å²) in [7, 11) is 0. The summed E-state index contributed by atoms with van der Waals surface area (Å²) < 4.78 is 5.94. The topological polar surface area (TPSA) is 41.5 Å². The van der Waals surface area contributed by atoms with Crippen molar-refractivity contribution in [3.05, 3.63) is 29.3 Å². The third-order valence-electron chi connectivity index (χ3n) is 4.81. The Bertz CT molecular complexity index is 460. The second-order valence-corrected chi connectivity index (χ2v) is 6.18. The monoisotopic (exact) mass is 275 g/mol. The number of benzene rings is 1. The van der Waals surface area contributed by atoms with E-state index in [0.29, 0.717) is 24.6 Å². The van der Waals surface area contributed by atoms with Crippen molar-refractivity contribution in [2.75, 3.05) is 13.2 Å². The van der Waals surface area contributed by atoms with Gasteiger partial charge in [0, 0.05) is 24.3 Å². The molecule has 0 saturated heterocycles. The number of rotatable bonds is 3. The summed E-state index contributed by atoms with van der Waals surface area (Å²) in [5, 5.41) is 13.3. The van der Waals surface area contributed by atoms with E-state index in [1.165, 1.54) is 24.0 Å². The van der Waals surface area contributed by atoms with E-state index in [2.05, 4.69) is 30.4 Å². The molecule has 2 aliphatic rings. The van der Waals surface area contributed by atoms with E-state index >= 15 is 0 Å². The van der Waals surface area contributed by atoms with Crippen LogP contribution in [0.1, 0.15) is 49.3 Å². The van der Waals surface area contributed by atoms with Gasteiger partial charge >= 0.3 is 0 Å². The van der Waals surface area contributed by atoms with E-state index in [0.717, 1.165) is 31.6 Å². The fourth-order valence-corrected chi connectivity index (χ4v) is 3.67. The first-order valence-electron chi connectivity index (χ1n) is 7.89. The van der Waals surface area contributed by atoms with Crippen LogP contribution in [0, 0.1) is 12.8 Å². The average Bonchev–Trinajstić information content (AvgIpc) is 2.80. The SMILES string of the molecule is Cc1cccc2c1OCCCC2NC1CCCC1CO. The van der Waals surface area contributed by atoms with Crippen LogP contribution in [0.4, 0.5) is 0 Å². The number of hydrogen-bond donors (Lipinski definition) is 2. The molecule has 1 saturated carbocycles. The molecule has 1 aromatic rings. The maximum Gasteiger partial charge on any atom is 0.126 e. The third-order valence-corrected chi connectivity index (χ3v) is 4.81. The number of ether oxygens (including phenoxy) is 1. The normalized spacial score (nSPS) is 29.6. The van der Waals surface area contributed by atoms with Gasteiger partial charge in [-0.1, -0.05) is 24.6 Å². The number of nitrogens with one attached hydrogen (secondary N) is 1. The van der Waals surface area contributed by atoms with Crippen molar-refractivity contribution in [1.82, 2.24) is 5.32 Å². The van der Waals surface area contributed by atoms with Gasteiger partial charge in [-0.2, -0.15) is 0 Å². The average molecular weight is 275 g/mol. The molecule has 1 heterocycles. The highest BCUT2D eigenvalue weighted by Gasteiger charge is 2.30. The van der Waals surface area contributed by atoms with Crippen molar-refractivity contribution < 1.29 is 9.84 Å². The Kier molecular flexibility index (Phi) is 4.27. The van der Waals surface area contributed by atoms with Crippen molar-refractivity contribution in [3.63, 3.8) is 0 Å². The lowest BCUT2D eigenvalue weighted by Crippen LogP contribution is -2.36. The molecule has 1 aliphatic heterocycles. The number of para-hydroxylation sites is 1. The predicted octanol–water partition coefficient (Wildman–Crippen LogP) is 2.96. The maximum absolute atomic E-state index is 9.50. The van der Waals surface area contributed by atoms with E-state index in [1.807, 2.05) is 0 Å². The van der Waals surface area contributed by atoms with Gasteiger partial charge in [0.2, 0.25) is 0 Å². The fourth-order valence-electron chi connectivity index (χ4n) is 3.67. The van der Waals surface area contributed by atoms with Crippen molar-refractivity contribution in [1.29, 1.82) is 0 Å². The first-order chi connectivity index (χ1) is 9.79. The predicted molar refractivity (Wildman–Crippen MR) is 80.0 cm³/mol. The number of hydrogen-bond acceptors (Lipinski definition) is 3. The number of fused-ring (bicyclic) bond motifs is 1. The molecule has 0 amide bonds. The molecule has 110 valence electrons. The van der Waals surface area contributed by atoms with Crippen LogP contribution >= 0.6 is 0 Å². The minimum Gasteiger partial charge on any atom is -0.493 e. The lowest BCUT2D eigenvalue weighted by molar-refractivity contribution is 0.198. The molecule has 1 aliphatic carbocycles. The zero-order valence-corrected chi connectivity index (χ0v) is 12.3. The Labute approximate surface area is 121 Å². The molecule has 0 bridgehead atoms. The van der Waals surface area contributed by atoms with Gasteiger partial charge in [-0.3, -0.25) is 0 Å². The molecule has 0 spiro atoms. The molecule has 3 rings (SSSR count). The molecular formula is C17H25NO2. The fraction of sp³-hybridized carbons (Fsp3) is 0.647. The quantitative estimate of drug-likeness (QED) is 0.891. The number of aryl methyl sites for hydroxylation is 1. The second-order valence-electron chi connectivity index (χ2n) is 6.18. The minimum atomic E-state index is 0.307. The number of aliphatic hydroxyl groups excluding tert-OH is 1. The standard InChI is InChI=1S/C17H25NO2/c1-12-5-2-7-14-16(9-4-10-20-17(12)14)18-15-8-3-6-13(15)11-19/h2,5,7,13,15-16,18-19H,3-4,6,8-11H2,1H3. The summed E-state index contributed by atoms with van der Waals surface area (Å²) in [6.45, 7) is 3.24. The highest BCUT2D eigenvalue weighted by Crippen LogP contribution is 2.36. The molecule has 1 aromatic carbocycles. The van der Waals surface area contributed by atoms with E-state index in [4.69, 9.17) is 4.74 Å². The van der Waals surface area contributed by atoms with Crippen molar-refractivity contribution in [2.45, 2.75) is 51.1 Å². The largest absolute Gasteiger partial charge is 0.493 e. The van der Waals surface area contributed by atoms with Crippen LogP contribution < -0.4 is 10.1 Å².